The number of nitrogens with zero attached hydrogens (tertiary/aromatic N) is 2. The highest BCUT2D eigenvalue weighted by Crippen LogP contribution is 2.48. The molecule has 0 saturated carbocycles. The van der Waals surface area contributed by atoms with E-state index in [9.17, 15) is 0 Å². The molecule has 0 fully saturated rings. The number of fused-ring (bicyclic) bond motifs is 2. The van der Waals surface area contributed by atoms with E-state index >= 15 is 0 Å². The van der Waals surface area contributed by atoms with Crippen LogP contribution in [-0.4, -0.2) is 32.1 Å². The molecule has 0 N–H and O–H groups in total. The van der Waals surface area contributed by atoms with Crippen LogP contribution in [-0.2, 0) is 0 Å². The Labute approximate surface area is 141 Å². The Hall–Kier alpha value is -0.870. The molecule has 1 aliphatic heterocycles. The SMILES string of the molecule is CN(C)CCN1c2ccccc2Sc2ccc(Cl)cc21.Cl. The lowest BCUT2D eigenvalue weighted by molar-refractivity contribution is 0.418. The maximum absolute atomic E-state index is 6.19. The molecule has 0 amide bonds. The van der Waals surface area contributed by atoms with E-state index < -0.39 is 0 Å². The molecule has 0 aromatic heterocycles. The van der Waals surface area contributed by atoms with Crippen LogP contribution in [0.5, 0.6) is 0 Å². The summed E-state index contributed by atoms with van der Waals surface area (Å²) in [5.74, 6) is 0. The molecule has 2 aromatic rings. The van der Waals surface area contributed by atoms with Gasteiger partial charge >= 0.3 is 0 Å². The Bertz CT molecular complexity index is 631. The monoisotopic (exact) mass is 340 g/mol. The first-order valence-electron chi connectivity index (χ1n) is 6.64. The van der Waals surface area contributed by atoms with Crippen LogP contribution in [0.4, 0.5) is 11.4 Å². The average molecular weight is 341 g/mol. The van der Waals surface area contributed by atoms with E-state index in [1.54, 1.807) is 0 Å². The molecule has 0 saturated heterocycles. The third kappa shape index (κ3) is 3.49. The van der Waals surface area contributed by atoms with E-state index in [1.165, 1.54) is 21.2 Å². The summed E-state index contributed by atoms with van der Waals surface area (Å²) < 4.78 is 0. The summed E-state index contributed by atoms with van der Waals surface area (Å²) in [6.45, 7) is 1.96. The molecule has 21 heavy (non-hydrogen) atoms. The lowest BCUT2D eigenvalue weighted by atomic mass is 10.2. The summed E-state index contributed by atoms with van der Waals surface area (Å²) >= 11 is 8.00. The number of hydrogen-bond acceptors (Lipinski definition) is 3. The number of likely N-dealkylation sites (N-methyl/N-ethyl adjacent to an activating group) is 1. The van der Waals surface area contributed by atoms with E-state index in [1.807, 2.05) is 17.8 Å². The minimum atomic E-state index is 0. The van der Waals surface area contributed by atoms with Crippen molar-refractivity contribution in [2.45, 2.75) is 9.79 Å². The first-order chi connectivity index (χ1) is 9.65. The average Bonchev–Trinajstić information content (AvgIpc) is 2.43. The Morgan fingerprint density at radius 3 is 2.52 bits per heavy atom. The fraction of sp³-hybridized carbons (Fsp3) is 0.250. The van der Waals surface area contributed by atoms with Crippen molar-refractivity contribution in [2.75, 3.05) is 32.1 Å². The van der Waals surface area contributed by atoms with Gasteiger partial charge in [0.2, 0.25) is 0 Å². The standard InChI is InChI=1S/C16H17ClN2S.ClH/c1-18(2)9-10-19-13-5-3-4-6-15(13)20-16-8-7-12(17)11-14(16)19;/h3-8,11H,9-10H2,1-2H3;1H. The largest absolute Gasteiger partial charge is 0.338 e. The third-order valence-electron chi connectivity index (χ3n) is 3.36. The number of para-hydroxylation sites is 1. The summed E-state index contributed by atoms with van der Waals surface area (Å²) in [7, 11) is 4.20. The Kier molecular flexibility index (Phi) is 5.44. The molecular weight excluding hydrogens is 323 g/mol. The van der Waals surface area contributed by atoms with E-state index in [4.69, 9.17) is 11.6 Å². The Morgan fingerprint density at radius 1 is 1.05 bits per heavy atom. The van der Waals surface area contributed by atoms with Crippen LogP contribution in [0.3, 0.4) is 0 Å². The summed E-state index contributed by atoms with van der Waals surface area (Å²) in [6, 6.07) is 14.7. The van der Waals surface area contributed by atoms with Crippen molar-refractivity contribution in [3.8, 4) is 0 Å². The highest BCUT2D eigenvalue weighted by atomic mass is 35.5. The Morgan fingerprint density at radius 2 is 1.76 bits per heavy atom. The molecule has 0 bridgehead atoms. The molecule has 1 heterocycles. The molecular formula is C16H18Cl2N2S. The molecule has 0 radical (unpaired) electrons. The number of hydrogen-bond donors (Lipinski definition) is 0. The second kappa shape index (κ2) is 6.93. The van der Waals surface area contributed by atoms with Gasteiger partial charge in [-0.2, -0.15) is 0 Å². The van der Waals surface area contributed by atoms with Crippen LogP contribution in [0.2, 0.25) is 5.02 Å². The topological polar surface area (TPSA) is 6.48 Å². The summed E-state index contributed by atoms with van der Waals surface area (Å²) in [5.41, 5.74) is 2.48. The zero-order chi connectivity index (χ0) is 14.1. The van der Waals surface area contributed by atoms with Crippen molar-refractivity contribution in [1.29, 1.82) is 0 Å². The van der Waals surface area contributed by atoms with Gasteiger partial charge in [0, 0.05) is 27.9 Å². The van der Waals surface area contributed by atoms with Crippen LogP contribution < -0.4 is 4.90 Å². The fourth-order valence-corrected chi connectivity index (χ4v) is 3.59. The van der Waals surface area contributed by atoms with Crippen LogP contribution in [0, 0.1) is 0 Å². The van der Waals surface area contributed by atoms with Gasteiger partial charge < -0.3 is 9.80 Å². The molecule has 0 unspecified atom stereocenters. The summed E-state index contributed by atoms with van der Waals surface area (Å²) in [5, 5.41) is 0.790. The zero-order valence-corrected chi connectivity index (χ0v) is 14.4. The van der Waals surface area contributed by atoms with Crippen LogP contribution >= 0.6 is 35.8 Å². The van der Waals surface area contributed by atoms with Crippen molar-refractivity contribution in [3.63, 3.8) is 0 Å². The molecule has 3 rings (SSSR count). The van der Waals surface area contributed by atoms with E-state index in [0.717, 1.165) is 18.1 Å². The van der Waals surface area contributed by atoms with Gasteiger partial charge in [-0.25, -0.2) is 0 Å². The van der Waals surface area contributed by atoms with Crippen molar-refractivity contribution < 1.29 is 0 Å². The normalized spacial score (nSPS) is 12.7. The van der Waals surface area contributed by atoms with Crippen molar-refractivity contribution >= 4 is 47.1 Å². The third-order valence-corrected chi connectivity index (χ3v) is 4.72. The summed E-state index contributed by atoms with van der Waals surface area (Å²) in [4.78, 5) is 7.15. The quantitative estimate of drug-likeness (QED) is 0.782. The lowest BCUT2D eigenvalue weighted by Gasteiger charge is -2.33. The predicted octanol–water partition coefficient (Wildman–Crippen LogP) is 4.93. The minimum absolute atomic E-state index is 0. The Balaban J connectivity index is 0.00000161. The van der Waals surface area contributed by atoms with Gasteiger partial charge in [0.1, 0.15) is 0 Å². The number of anilines is 2. The number of halogens is 2. The van der Waals surface area contributed by atoms with Gasteiger partial charge in [0.05, 0.1) is 11.4 Å². The highest BCUT2D eigenvalue weighted by Gasteiger charge is 2.23. The van der Waals surface area contributed by atoms with Crippen LogP contribution in [0.15, 0.2) is 52.3 Å². The van der Waals surface area contributed by atoms with Gasteiger partial charge in [-0.05, 0) is 44.4 Å². The molecule has 5 heteroatoms. The van der Waals surface area contributed by atoms with Crippen molar-refractivity contribution in [3.05, 3.63) is 47.5 Å². The van der Waals surface area contributed by atoms with Gasteiger partial charge in [-0.1, -0.05) is 35.5 Å². The summed E-state index contributed by atoms with van der Waals surface area (Å²) in [6.07, 6.45) is 0. The number of benzene rings is 2. The van der Waals surface area contributed by atoms with E-state index in [-0.39, 0.29) is 12.4 Å². The van der Waals surface area contributed by atoms with Gasteiger partial charge in [-0.15, -0.1) is 12.4 Å². The lowest BCUT2D eigenvalue weighted by Crippen LogP contribution is -2.29. The zero-order valence-electron chi connectivity index (χ0n) is 12.0. The molecule has 1 aliphatic rings. The predicted molar refractivity (Wildman–Crippen MR) is 94.8 cm³/mol. The number of rotatable bonds is 3. The van der Waals surface area contributed by atoms with Crippen LogP contribution in [0.1, 0.15) is 0 Å². The molecule has 112 valence electrons. The van der Waals surface area contributed by atoms with Crippen LogP contribution in [0.25, 0.3) is 0 Å². The fourth-order valence-electron chi connectivity index (χ4n) is 2.34. The second-order valence-corrected chi connectivity index (χ2v) is 6.66. The van der Waals surface area contributed by atoms with Crippen molar-refractivity contribution in [1.82, 2.24) is 4.90 Å². The maximum atomic E-state index is 6.19. The first kappa shape index (κ1) is 16.5. The molecule has 0 atom stereocenters. The first-order valence-corrected chi connectivity index (χ1v) is 7.83. The van der Waals surface area contributed by atoms with Gasteiger partial charge in [-0.3, -0.25) is 0 Å². The maximum Gasteiger partial charge on any atom is 0.0568 e. The molecule has 2 nitrogen and oxygen atoms in total. The van der Waals surface area contributed by atoms with Crippen molar-refractivity contribution in [2.24, 2.45) is 0 Å². The molecule has 0 spiro atoms. The highest BCUT2D eigenvalue weighted by molar-refractivity contribution is 7.99. The molecule has 2 aromatic carbocycles. The van der Waals surface area contributed by atoms with E-state index in [2.05, 4.69) is 60.3 Å². The second-order valence-electron chi connectivity index (χ2n) is 5.14. The minimum Gasteiger partial charge on any atom is -0.338 e. The van der Waals surface area contributed by atoms with Gasteiger partial charge in [0.25, 0.3) is 0 Å². The molecule has 0 aliphatic carbocycles. The van der Waals surface area contributed by atoms with Gasteiger partial charge in [0.15, 0.2) is 0 Å². The van der Waals surface area contributed by atoms with E-state index in [0.29, 0.717) is 0 Å². The smallest absolute Gasteiger partial charge is 0.0568 e.